The Kier molecular flexibility index (Phi) is 2.22. The molecule has 2 N–H and O–H groups in total. The fraction of sp³-hybridized carbons (Fsp3) is 0. The van der Waals surface area contributed by atoms with Crippen molar-refractivity contribution in [2.75, 3.05) is 5.73 Å². The standard InChI is InChI=1S/C9H8IN3/c10-7-2-1-3-8(6-7)13-5-4-12-9(13)11/h1-6H,(H2,11,12). The SMILES string of the molecule is Nc1nccn1-c1cccc(I)c1. The number of benzene rings is 1. The fourth-order valence-electron chi connectivity index (χ4n) is 1.16. The Balaban J connectivity index is 2.53. The molecule has 3 nitrogen and oxygen atoms in total. The van der Waals surface area contributed by atoms with Crippen LogP contribution in [0.25, 0.3) is 5.69 Å². The first-order chi connectivity index (χ1) is 6.27. The molecule has 0 radical (unpaired) electrons. The maximum atomic E-state index is 5.67. The molecule has 1 aromatic heterocycles. The molecule has 0 aliphatic rings. The molecule has 0 saturated heterocycles. The quantitative estimate of drug-likeness (QED) is 0.815. The largest absolute Gasteiger partial charge is 0.369 e. The van der Waals surface area contributed by atoms with Gasteiger partial charge in [-0.05, 0) is 40.8 Å². The van der Waals surface area contributed by atoms with E-state index in [4.69, 9.17) is 5.73 Å². The Hall–Kier alpha value is -1.04. The molecule has 1 aromatic carbocycles. The summed E-state index contributed by atoms with van der Waals surface area (Å²) in [4.78, 5) is 3.96. The Morgan fingerprint density at radius 1 is 1.38 bits per heavy atom. The zero-order valence-corrected chi connectivity index (χ0v) is 8.97. The fourth-order valence-corrected chi connectivity index (χ4v) is 1.69. The highest BCUT2D eigenvalue weighted by atomic mass is 127. The van der Waals surface area contributed by atoms with Gasteiger partial charge in [-0.2, -0.15) is 0 Å². The summed E-state index contributed by atoms with van der Waals surface area (Å²) in [5, 5.41) is 0. The Morgan fingerprint density at radius 2 is 2.23 bits per heavy atom. The van der Waals surface area contributed by atoms with Gasteiger partial charge in [-0.15, -0.1) is 0 Å². The minimum Gasteiger partial charge on any atom is -0.369 e. The van der Waals surface area contributed by atoms with Gasteiger partial charge < -0.3 is 5.73 Å². The first-order valence-electron chi connectivity index (χ1n) is 3.82. The summed E-state index contributed by atoms with van der Waals surface area (Å²) in [6.45, 7) is 0. The van der Waals surface area contributed by atoms with Crippen LogP contribution in [-0.2, 0) is 0 Å². The lowest BCUT2D eigenvalue weighted by Crippen LogP contribution is -1.99. The molecule has 0 spiro atoms. The topological polar surface area (TPSA) is 43.8 Å². The maximum absolute atomic E-state index is 5.67. The Labute approximate surface area is 89.7 Å². The van der Waals surface area contributed by atoms with Gasteiger partial charge >= 0.3 is 0 Å². The second kappa shape index (κ2) is 3.37. The summed E-state index contributed by atoms with van der Waals surface area (Å²) in [6.07, 6.45) is 3.54. The van der Waals surface area contributed by atoms with Crippen LogP contribution in [0.2, 0.25) is 0 Å². The van der Waals surface area contributed by atoms with E-state index in [0.29, 0.717) is 5.95 Å². The highest BCUT2D eigenvalue weighted by Gasteiger charge is 1.99. The Morgan fingerprint density at radius 3 is 2.85 bits per heavy atom. The molecule has 0 saturated carbocycles. The van der Waals surface area contributed by atoms with Crippen LogP contribution in [0.1, 0.15) is 0 Å². The molecule has 13 heavy (non-hydrogen) atoms. The lowest BCUT2D eigenvalue weighted by Gasteiger charge is -2.03. The molecule has 1 heterocycles. The van der Waals surface area contributed by atoms with Gasteiger partial charge in [-0.25, -0.2) is 4.98 Å². The number of hydrogen-bond acceptors (Lipinski definition) is 2. The summed E-state index contributed by atoms with van der Waals surface area (Å²) in [7, 11) is 0. The van der Waals surface area contributed by atoms with E-state index in [-0.39, 0.29) is 0 Å². The molecule has 0 amide bonds. The monoisotopic (exact) mass is 285 g/mol. The van der Waals surface area contributed by atoms with E-state index in [0.717, 1.165) is 5.69 Å². The van der Waals surface area contributed by atoms with Crippen LogP contribution < -0.4 is 5.73 Å². The van der Waals surface area contributed by atoms with Crippen molar-refractivity contribution in [1.29, 1.82) is 0 Å². The van der Waals surface area contributed by atoms with Gasteiger partial charge in [0.15, 0.2) is 0 Å². The van der Waals surface area contributed by atoms with E-state index >= 15 is 0 Å². The third-order valence-electron chi connectivity index (χ3n) is 1.76. The molecule has 0 fully saturated rings. The van der Waals surface area contributed by atoms with Crippen molar-refractivity contribution >= 4 is 28.5 Å². The number of hydrogen-bond donors (Lipinski definition) is 1. The van der Waals surface area contributed by atoms with E-state index < -0.39 is 0 Å². The number of nitrogens with two attached hydrogens (primary N) is 1. The van der Waals surface area contributed by atoms with Crippen molar-refractivity contribution in [3.63, 3.8) is 0 Å². The minimum atomic E-state index is 0.516. The molecule has 0 unspecified atom stereocenters. The van der Waals surface area contributed by atoms with Crippen molar-refractivity contribution in [3.8, 4) is 5.69 Å². The van der Waals surface area contributed by atoms with E-state index in [9.17, 15) is 0 Å². The molecular weight excluding hydrogens is 277 g/mol. The second-order valence-corrected chi connectivity index (χ2v) is 3.88. The lowest BCUT2D eigenvalue weighted by molar-refractivity contribution is 1.07. The zero-order chi connectivity index (χ0) is 9.26. The van der Waals surface area contributed by atoms with Crippen molar-refractivity contribution in [1.82, 2.24) is 9.55 Å². The van der Waals surface area contributed by atoms with Crippen LogP contribution >= 0.6 is 22.6 Å². The van der Waals surface area contributed by atoms with Crippen LogP contribution in [0.3, 0.4) is 0 Å². The third kappa shape index (κ3) is 1.67. The van der Waals surface area contributed by atoms with E-state index in [1.54, 1.807) is 6.20 Å². The molecular formula is C9H8IN3. The number of nitrogens with zero attached hydrogens (tertiary/aromatic N) is 2. The molecule has 66 valence electrons. The van der Waals surface area contributed by atoms with E-state index in [2.05, 4.69) is 33.6 Å². The van der Waals surface area contributed by atoms with Gasteiger partial charge in [0.1, 0.15) is 0 Å². The van der Waals surface area contributed by atoms with Gasteiger partial charge in [0.25, 0.3) is 0 Å². The molecule has 0 aliphatic heterocycles. The van der Waals surface area contributed by atoms with E-state index in [1.165, 1.54) is 3.57 Å². The number of halogens is 1. The van der Waals surface area contributed by atoms with Gasteiger partial charge in [0, 0.05) is 21.7 Å². The van der Waals surface area contributed by atoms with Crippen LogP contribution in [-0.4, -0.2) is 9.55 Å². The van der Waals surface area contributed by atoms with Crippen LogP contribution in [0.15, 0.2) is 36.7 Å². The predicted molar refractivity (Wildman–Crippen MR) is 60.7 cm³/mol. The Bertz CT molecular complexity index is 422. The van der Waals surface area contributed by atoms with Crippen molar-refractivity contribution in [2.45, 2.75) is 0 Å². The molecule has 0 aliphatic carbocycles. The van der Waals surface area contributed by atoms with Gasteiger partial charge in [-0.1, -0.05) is 6.07 Å². The number of imidazole rings is 1. The average molecular weight is 285 g/mol. The normalized spacial score (nSPS) is 10.2. The number of aromatic nitrogens is 2. The number of rotatable bonds is 1. The van der Waals surface area contributed by atoms with Crippen LogP contribution in [0.5, 0.6) is 0 Å². The summed E-state index contributed by atoms with van der Waals surface area (Å²) >= 11 is 2.27. The van der Waals surface area contributed by atoms with E-state index in [1.807, 2.05) is 29.0 Å². The average Bonchev–Trinajstić information content (AvgIpc) is 2.51. The predicted octanol–water partition coefficient (Wildman–Crippen LogP) is 2.06. The zero-order valence-electron chi connectivity index (χ0n) is 6.81. The van der Waals surface area contributed by atoms with Crippen LogP contribution in [0, 0.1) is 3.57 Å². The molecule has 2 aromatic rings. The molecule has 4 heteroatoms. The smallest absolute Gasteiger partial charge is 0.204 e. The first kappa shape index (κ1) is 8.55. The molecule has 0 atom stereocenters. The summed E-state index contributed by atoms with van der Waals surface area (Å²) in [5.74, 6) is 0.516. The summed E-state index contributed by atoms with van der Waals surface area (Å²) < 4.78 is 3.03. The summed E-state index contributed by atoms with van der Waals surface area (Å²) in [5.41, 5.74) is 6.72. The van der Waals surface area contributed by atoms with Crippen molar-refractivity contribution in [3.05, 3.63) is 40.2 Å². The highest BCUT2D eigenvalue weighted by Crippen LogP contribution is 2.14. The number of anilines is 1. The van der Waals surface area contributed by atoms with Crippen molar-refractivity contribution in [2.24, 2.45) is 0 Å². The lowest BCUT2D eigenvalue weighted by atomic mass is 10.3. The van der Waals surface area contributed by atoms with Crippen molar-refractivity contribution < 1.29 is 0 Å². The van der Waals surface area contributed by atoms with Gasteiger partial charge in [-0.3, -0.25) is 4.57 Å². The molecule has 2 rings (SSSR count). The summed E-state index contributed by atoms with van der Waals surface area (Å²) in [6, 6.07) is 8.09. The van der Waals surface area contributed by atoms with Gasteiger partial charge in [0.2, 0.25) is 5.95 Å². The number of nitrogen functional groups attached to an aromatic ring is 1. The van der Waals surface area contributed by atoms with Gasteiger partial charge in [0.05, 0.1) is 0 Å². The van der Waals surface area contributed by atoms with Crippen LogP contribution in [0.4, 0.5) is 5.95 Å². The minimum absolute atomic E-state index is 0.516. The highest BCUT2D eigenvalue weighted by molar-refractivity contribution is 14.1. The third-order valence-corrected chi connectivity index (χ3v) is 2.43. The second-order valence-electron chi connectivity index (χ2n) is 2.64. The maximum Gasteiger partial charge on any atom is 0.204 e. The molecule has 0 bridgehead atoms. The first-order valence-corrected chi connectivity index (χ1v) is 4.90.